The van der Waals surface area contributed by atoms with Crippen molar-refractivity contribution >= 4 is 43.6 Å². The highest BCUT2D eigenvalue weighted by Gasteiger charge is 2.17. The molecule has 0 radical (unpaired) electrons. The fourth-order valence-electron chi connectivity index (χ4n) is 7.87. The van der Waals surface area contributed by atoms with Gasteiger partial charge in [-0.1, -0.05) is 115 Å². The van der Waals surface area contributed by atoms with Gasteiger partial charge in [0, 0.05) is 32.9 Å². The number of hydrogen-bond acceptors (Lipinski definition) is 1. The maximum Gasteiger partial charge on any atom is 0.0991 e. The van der Waals surface area contributed by atoms with Crippen LogP contribution in [-0.2, 0) is 0 Å². The molecule has 0 aliphatic rings. The van der Waals surface area contributed by atoms with Crippen LogP contribution in [0.3, 0.4) is 0 Å². The van der Waals surface area contributed by atoms with Crippen molar-refractivity contribution in [3.8, 4) is 50.8 Å². The summed E-state index contributed by atoms with van der Waals surface area (Å²) in [7, 11) is 0. The van der Waals surface area contributed by atoms with Crippen molar-refractivity contribution in [3.05, 3.63) is 194 Å². The molecule has 0 aliphatic heterocycles. The molecule has 3 heteroatoms. The number of hydrogen-bond donors (Lipinski definition) is 0. The van der Waals surface area contributed by atoms with Crippen molar-refractivity contribution in [2.75, 3.05) is 0 Å². The lowest BCUT2D eigenvalue weighted by molar-refractivity contribution is 1.18. The van der Waals surface area contributed by atoms with E-state index in [9.17, 15) is 5.26 Å². The van der Waals surface area contributed by atoms with E-state index >= 15 is 0 Å². The van der Waals surface area contributed by atoms with Crippen LogP contribution in [0.25, 0.3) is 88.4 Å². The number of rotatable bonds is 5. The van der Waals surface area contributed by atoms with Crippen LogP contribution in [-0.4, -0.2) is 9.13 Å². The highest BCUT2D eigenvalue weighted by atomic mass is 15.0. The maximum absolute atomic E-state index is 9.89. The number of para-hydroxylation sites is 2. The first-order chi connectivity index (χ1) is 25.7. The minimum Gasteiger partial charge on any atom is -0.309 e. The summed E-state index contributed by atoms with van der Waals surface area (Å²) in [6.07, 6.45) is 0. The molecular formula is C49H31N3. The molecular weight excluding hydrogens is 631 g/mol. The Hall–Kier alpha value is -7.15. The second kappa shape index (κ2) is 12.0. The molecule has 0 saturated heterocycles. The summed E-state index contributed by atoms with van der Waals surface area (Å²) in [5, 5.41) is 14.5. The summed E-state index contributed by atoms with van der Waals surface area (Å²) in [4.78, 5) is 0. The second-order valence-corrected chi connectivity index (χ2v) is 13.3. The molecule has 242 valence electrons. The molecule has 0 unspecified atom stereocenters. The van der Waals surface area contributed by atoms with Gasteiger partial charge in [-0.25, -0.2) is 0 Å². The van der Waals surface area contributed by atoms with Crippen molar-refractivity contribution in [2.45, 2.75) is 0 Å². The number of nitrogens with zero attached hydrogens (tertiary/aromatic N) is 3. The van der Waals surface area contributed by atoms with Crippen molar-refractivity contribution in [2.24, 2.45) is 0 Å². The molecule has 3 nitrogen and oxygen atoms in total. The predicted octanol–water partition coefficient (Wildman–Crippen LogP) is 12.8. The Kier molecular flexibility index (Phi) is 6.87. The molecule has 0 bridgehead atoms. The Bertz CT molecular complexity index is 3000. The minimum atomic E-state index is 0.652. The molecule has 0 aliphatic carbocycles. The quantitative estimate of drug-likeness (QED) is 0.181. The van der Waals surface area contributed by atoms with Crippen LogP contribution in [0.4, 0.5) is 0 Å². The van der Waals surface area contributed by atoms with Gasteiger partial charge in [0.1, 0.15) is 0 Å². The normalized spacial score (nSPS) is 11.4. The predicted molar refractivity (Wildman–Crippen MR) is 216 cm³/mol. The van der Waals surface area contributed by atoms with E-state index in [1.54, 1.807) is 0 Å². The van der Waals surface area contributed by atoms with Crippen LogP contribution in [0, 0.1) is 11.3 Å². The first kappa shape index (κ1) is 29.7. The molecule has 0 saturated carbocycles. The Morgan fingerprint density at radius 2 is 0.750 bits per heavy atom. The third kappa shape index (κ3) is 4.81. The molecule has 10 rings (SSSR count). The number of aromatic nitrogens is 2. The lowest BCUT2D eigenvalue weighted by Crippen LogP contribution is -1.94. The van der Waals surface area contributed by atoms with Gasteiger partial charge in [0.05, 0.1) is 33.7 Å². The molecule has 0 N–H and O–H groups in total. The average molecular weight is 662 g/mol. The first-order valence-corrected chi connectivity index (χ1v) is 17.6. The topological polar surface area (TPSA) is 33.6 Å². The zero-order valence-corrected chi connectivity index (χ0v) is 28.2. The summed E-state index contributed by atoms with van der Waals surface area (Å²) in [5.74, 6) is 0. The van der Waals surface area contributed by atoms with Crippen LogP contribution in [0.5, 0.6) is 0 Å². The van der Waals surface area contributed by atoms with Gasteiger partial charge in [0.2, 0.25) is 0 Å². The van der Waals surface area contributed by atoms with Gasteiger partial charge in [0.25, 0.3) is 0 Å². The molecule has 52 heavy (non-hydrogen) atoms. The molecule has 2 heterocycles. The second-order valence-electron chi connectivity index (χ2n) is 13.3. The molecule has 8 aromatic carbocycles. The first-order valence-electron chi connectivity index (χ1n) is 17.6. The van der Waals surface area contributed by atoms with E-state index < -0.39 is 0 Å². The Balaban J connectivity index is 1.11. The van der Waals surface area contributed by atoms with E-state index in [1.165, 1.54) is 38.5 Å². The zero-order chi connectivity index (χ0) is 34.6. The zero-order valence-electron chi connectivity index (χ0n) is 28.2. The van der Waals surface area contributed by atoms with Crippen LogP contribution in [0.1, 0.15) is 5.56 Å². The van der Waals surface area contributed by atoms with E-state index in [4.69, 9.17) is 0 Å². The van der Waals surface area contributed by atoms with Crippen LogP contribution in [0.15, 0.2) is 188 Å². The van der Waals surface area contributed by atoms with E-state index in [2.05, 4.69) is 185 Å². The smallest absolute Gasteiger partial charge is 0.0991 e. The number of fused-ring (bicyclic) bond motifs is 6. The Morgan fingerprint density at radius 1 is 0.308 bits per heavy atom. The van der Waals surface area contributed by atoms with Crippen molar-refractivity contribution in [1.82, 2.24) is 9.13 Å². The largest absolute Gasteiger partial charge is 0.309 e. The highest BCUT2D eigenvalue weighted by molar-refractivity contribution is 6.13. The third-order valence-electron chi connectivity index (χ3n) is 10.3. The maximum atomic E-state index is 9.89. The average Bonchev–Trinajstić information content (AvgIpc) is 3.73. The molecule has 0 atom stereocenters. The van der Waals surface area contributed by atoms with E-state index in [1.807, 2.05) is 18.2 Å². The van der Waals surface area contributed by atoms with Gasteiger partial charge in [-0.15, -0.1) is 0 Å². The van der Waals surface area contributed by atoms with E-state index in [-0.39, 0.29) is 0 Å². The minimum absolute atomic E-state index is 0.652. The lowest BCUT2D eigenvalue weighted by Gasteiger charge is -2.11. The molecule has 0 amide bonds. The Morgan fingerprint density at radius 3 is 1.44 bits per heavy atom. The number of benzene rings is 8. The summed E-state index contributed by atoms with van der Waals surface area (Å²) in [5.41, 5.74) is 14.5. The van der Waals surface area contributed by atoms with Crippen LogP contribution < -0.4 is 0 Å². The van der Waals surface area contributed by atoms with Gasteiger partial charge >= 0.3 is 0 Å². The lowest BCUT2D eigenvalue weighted by atomic mass is 10.00. The highest BCUT2D eigenvalue weighted by Crippen LogP contribution is 2.39. The van der Waals surface area contributed by atoms with Gasteiger partial charge in [-0.05, 0) is 106 Å². The summed E-state index contributed by atoms with van der Waals surface area (Å²) >= 11 is 0. The van der Waals surface area contributed by atoms with Crippen molar-refractivity contribution in [3.63, 3.8) is 0 Å². The van der Waals surface area contributed by atoms with Crippen molar-refractivity contribution < 1.29 is 0 Å². The molecule has 2 aromatic heterocycles. The standard InChI is InChI=1S/C49H31N3/c50-32-33-18-25-47-43(28-33)45-31-39(38-23-26-48-44(30-38)42-16-7-8-17-46(42)51(48)40-13-5-2-6-14-40)24-27-49(45)52(47)41-15-9-12-37(29-41)36-21-19-35(20-22-36)34-10-3-1-4-11-34/h1-31H. The third-order valence-corrected chi connectivity index (χ3v) is 10.3. The van der Waals surface area contributed by atoms with E-state index in [0.29, 0.717) is 5.56 Å². The van der Waals surface area contributed by atoms with E-state index in [0.717, 1.165) is 49.9 Å². The number of nitriles is 1. The van der Waals surface area contributed by atoms with Gasteiger partial charge < -0.3 is 9.13 Å². The Labute approximate surface area is 301 Å². The van der Waals surface area contributed by atoms with Crippen LogP contribution >= 0.6 is 0 Å². The fraction of sp³-hybridized carbons (Fsp3) is 0. The fourth-order valence-corrected chi connectivity index (χ4v) is 7.87. The van der Waals surface area contributed by atoms with Crippen LogP contribution in [0.2, 0.25) is 0 Å². The summed E-state index contributed by atoms with van der Waals surface area (Å²) in [6, 6.07) is 69.2. The molecule has 0 spiro atoms. The SMILES string of the molecule is N#Cc1ccc2c(c1)c1cc(-c3ccc4c(c3)c3ccccc3n4-c3ccccc3)ccc1n2-c1cccc(-c2ccc(-c3ccccc3)cc2)c1. The summed E-state index contributed by atoms with van der Waals surface area (Å²) < 4.78 is 4.68. The summed E-state index contributed by atoms with van der Waals surface area (Å²) in [6.45, 7) is 0. The molecule has 10 aromatic rings. The van der Waals surface area contributed by atoms with Gasteiger partial charge in [-0.3, -0.25) is 0 Å². The monoisotopic (exact) mass is 661 g/mol. The van der Waals surface area contributed by atoms with Gasteiger partial charge in [0.15, 0.2) is 0 Å². The van der Waals surface area contributed by atoms with Crippen molar-refractivity contribution in [1.29, 1.82) is 5.26 Å². The van der Waals surface area contributed by atoms with Gasteiger partial charge in [-0.2, -0.15) is 5.26 Å². The molecule has 0 fully saturated rings.